The molecule has 1 atom stereocenters. The third-order valence-electron chi connectivity index (χ3n) is 5.51. The number of hydrogen-bond acceptors (Lipinski definition) is 3. The fourth-order valence-corrected chi connectivity index (χ4v) is 4.13. The lowest BCUT2D eigenvalue weighted by Gasteiger charge is -2.23. The van der Waals surface area contributed by atoms with Crippen LogP contribution in [0.2, 0.25) is 0 Å². The van der Waals surface area contributed by atoms with Gasteiger partial charge >= 0.3 is 5.69 Å². The maximum Gasteiger partial charge on any atom is 0.329 e. The summed E-state index contributed by atoms with van der Waals surface area (Å²) in [6, 6.07) is 7.75. The number of para-hydroxylation sites is 2. The summed E-state index contributed by atoms with van der Waals surface area (Å²) in [5, 5.41) is 7.46. The van der Waals surface area contributed by atoms with Gasteiger partial charge < -0.3 is 5.32 Å². The molecule has 4 rings (SSSR count). The summed E-state index contributed by atoms with van der Waals surface area (Å²) in [7, 11) is 1.94. The predicted octanol–water partition coefficient (Wildman–Crippen LogP) is 2.14. The van der Waals surface area contributed by atoms with Crippen molar-refractivity contribution in [2.45, 2.75) is 51.7 Å². The molecule has 0 radical (unpaired) electrons. The lowest BCUT2D eigenvalue weighted by Crippen LogP contribution is -2.32. The van der Waals surface area contributed by atoms with Crippen LogP contribution in [0.4, 0.5) is 0 Å². The number of benzene rings is 1. The number of imidazole rings is 1. The van der Waals surface area contributed by atoms with Crippen LogP contribution in [-0.4, -0.2) is 24.8 Å². The summed E-state index contributed by atoms with van der Waals surface area (Å²) in [5.41, 5.74) is 4.06. The second-order valence-electron chi connectivity index (χ2n) is 7.10. The van der Waals surface area contributed by atoms with E-state index in [0.29, 0.717) is 13.1 Å². The number of nitrogens with one attached hydrogen (secondary N) is 1. The quantitative estimate of drug-likeness (QED) is 0.751. The highest BCUT2D eigenvalue weighted by atomic mass is 16.2. The average molecular weight is 367 g/mol. The van der Waals surface area contributed by atoms with E-state index in [1.807, 2.05) is 49.1 Å². The van der Waals surface area contributed by atoms with E-state index < -0.39 is 0 Å². The van der Waals surface area contributed by atoms with Gasteiger partial charge in [0, 0.05) is 37.8 Å². The van der Waals surface area contributed by atoms with Crippen LogP contribution < -0.4 is 11.0 Å². The van der Waals surface area contributed by atoms with E-state index in [0.717, 1.165) is 35.9 Å². The maximum atomic E-state index is 12.7. The molecule has 142 valence electrons. The van der Waals surface area contributed by atoms with Crippen LogP contribution in [0.25, 0.3) is 11.0 Å². The first-order valence-corrected chi connectivity index (χ1v) is 9.58. The van der Waals surface area contributed by atoms with Crippen LogP contribution in [0.1, 0.15) is 43.5 Å². The highest BCUT2D eigenvalue weighted by molar-refractivity contribution is 5.78. The predicted molar refractivity (Wildman–Crippen MR) is 104 cm³/mol. The van der Waals surface area contributed by atoms with Gasteiger partial charge in [0.1, 0.15) is 0 Å². The molecule has 0 saturated heterocycles. The number of carbonyl (C=O) groups is 1. The Bertz CT molecular complexity index is 1040. The molecule has 2 aromatic heterocycles. The standard InChI is InChI=1S/C20H25N5O2/c1-3-24-17-8-4-5-9-18(17)25(20(24)27)12-11-19(26)22-15-7-6-10-16-14(15)13-21-23(16)2/h4-5,8-9,13,15H,3,6-7,10-12H2,1-2H3,(H,22,26). The molecule has 3 aromatic rings. The minimum atomic E-state index is -0.0567. The van der Waals surface area contributed by atoms with Crippen molar-refractivity contribution in [3.8, 4) is 0 Å². The van der Waals surface area contributed by atoms with Crippen LogP contribution in [0.3, 0.4) is 0 Å². The molecule has 0 spiro atoms. The summed E-state index contributed by atoms with van der Waals surface area (Å²) >= 11 is 0. The van der Waals surface area contributed by atoms with Gasteiger partial charge in [0.15, 0.2) is 0 Å². The topological polar surface area (TPSA) is 73.8 Å². The molecule has 1 amide bonds. The van der Waals surface area contributed by atoms with Crippen molar-refractivity contribution < 1.29 is 4.79 Å². The summed E-state index contributed by atoms with van der Waals surface area (Å²) in [6.45, 7) is 2.95. The Labute approximate surface area is 157 Å². The first-order chi connectivity index (χ1) is 13.1. The fraction of sp³-hybridized carbons (Fsp3) is 0.450. The zero-order valence-electron chi connectivity index (χ0n) is 15.8. The molecule has 0 saturated carbocycles. The number of nitrogens with zero attached hydrogens (tertiary/aromatic N) is 4. The van der Waals surface area contributed by atoms with Crippen molar-refractivity contribution in [3.05, 3.63) is 52.2 Å². The van der Waals surface area contributed by atoms with Gasteiger partial charge in [-0.2, -0.15) is 5.10 Å². The number of carbonyl (C=O) groups excluding carboxylic acids is 1. The number of hydrogen-bond donors (Lipinski definition) is 1. The van der Waals surface area contributed by atoms with Crippen molar-refractivity contribution in [1.82, 2.24) is 24.2 Å². The largest absolute Gasteiger partial charge is 0.349 e. The summed E-state index contributed by atoms with van der Waals surface area (Å²) in [6.07, 6.45) is 5.12. The SMILES string of the molecule is CCn1c(=O)n(CCC(=O)NC2CCCc3c2cnn3C)c2ccccc21. The van der Waals surface area contributed by atoms with Gasteiger partial charge in [-0.3, -0.25) is 18.6 Å². The van der Waals surface area contributed by atoms with Crippen LogP contribution >= 0.6 is 0 Å². The number of rotatable bonds is 5. The third kappa shape index (κ3) is 3.07. The normalized spacial score (nSPS) is 16.4. The van der Waals surface area contributed by atoms with E-state index in [9.17, 15) is 9.59 Å². The van der Waals surface area contributed by atoms with Crippen molar-refractivity contribution in [1.29, 1.82) is 0 Å². The van der Waals surface area contributed by atoms with Gasteiger partial charge in [-0.1, -0.05) is 12.1 Å². The molecule has 2 heterocycles. The smallest absolute Gasteiger partial charge is 0.329 e. The van der Waals surface area contributed by atoms with Crippen LogP contribution in [0.15, 0.2) is 35.3 Å². The Morgan fingerprint density at radius 3 is 2.74 bits per heavy atom. The molecule has 1 N–H and O–H groups in total. The molecular formula is C20H25N5O2. The molecular weight excluding hydrogens is 342 g/mol. The zero-order valence-corrected chi connectivity index (χ0v) is 15.8. The van der Waals surface area contributed by atoms with Crippen molar-refractivity contribution >= 4 is 16.9 Å². The number of aromatic nitrogens is 4. The second kappa shape index (κ2) is 7.06. The summed E-state index contributed by atoms with van der Waals surface area (Å²) < 4.78 is 5.35. The lowest BCUT2D eigenvalue weighted by molar-refractivity contribution is -0.122. The third-order valence-corrected chi connectivity index (χ3v) is 5.51. The highest BCUT2D eigenvalue weighted by Crippen LogP contribution is 2.29. The van der Waals surface area contributed by atoms with Crippen molar-refractivity contribution in [2.75, 3.05) is 0 Å². The average Bonchev–Trinajstić information content (AvgIpc) is 3.18. The number of amides is 1. The van der Waals surface area contributed by atoms with E-state index >= 15 is 0 Å². The van der Waals surface area contributed by atoms with E-state index in [-0.39, 0.29) is 24.1 Å². The van der Waals surface area contributed by atoms with E-state index in [4.69, 9.17) is 0 Å². The molecule has 1 aromatic carbocycles. The molecule has 0 fully saturated rings. The molecule has 7 nitrogen and oxygen atoms in total. The first-order valence-electron chi connectivity index (χ1n) is 9.58. The molecule has 0 bridgehead atoms. The number of fused-ring (bicyclic) bond motifs is 2. The zero-order chi connectivity index (χ0) is 19.0. The van der Waals surface area contributed by atoms with Crippen molar-refractivity contribution in [2.24, 2.45) is 7.05 Å². The van der Waals surface area contributed by atoms with Gasteiger partial charge in [-0.15, -0.1) is 0 Å². The Morgan fingerprint density at radius 1 is 1.26 bits per heavy atom. The van der Waals surface area contributed by atoms with Crippen molar-refractivity contribution in [3.63, 3.8) is 0 Å². The summed E-state index contributed by atoms with van der Waals surface area (Å²) in [5.74, 6) is -0.0306. The minimum absolute atomic E-state index is 0.0173. The Morgan fingerprint density at radius 2 is 2.00 bits per heavy atom. The molecule has 1 aliphatic carbocycles. The van der Waals surface area contributed by atoms with Crippen LogP contribution in [-0.2, 0) is 31.4 Å². The van der Waals surface area contributed by atoms with Gasteiger partial charge in [-0.05, 0) is 38.3 Å². The van der Waals surface area contributed by atoms with Gasteiger partial charge in [-0.25, -0.2) is 4.79 Å². The van der Waals surface area contributed by atoms with Gasteiger partial charge in [0.25, 0.3) is 0 Å². The first kappa shape index (κ1) is 17.6. The van der Waals surface area contributed by atoms with Crippen LogP contribution in [0.5, 0.6) is 0 Å². The monoisotopic (exact) mass is 367 g/mol. The Balaban J connectivity index is 1.49. The van der Waals surface area contributed by atoms with E-state index in [1.54, 1.807) is 9.13 Å². The molecule has 27 heavy (non-hydrogen) atoms. The maximum absolute atomic E-state index is 12.7. The van der Waals surface area contributed by atoms with E-state index in [1.165, 1.54) is 5.69 Å². The molecule has 1 unspecified atom stereocenters. The van der Waals surface area contributed by atoms with E-state index in [2.05, 4.69) is 10.4 Å². The fourth-order valence-electron chi connectivity index (χ4n) is 4.13. The summed E-state index contributed by atoms with van der Waals surface area (Å²) in [4.78, 5) is 25.2. The van der Waals surface area contributed by atoms with Gasteiger partial charge in [0.05, 0.1) is 23.3 Å². The Hall–Kier alpha value is -2.83. The highest BCUT2D eigenvalue weighted by Gasteiger charge is 2.24. The number of aryl methyl sites for hydroxylation is 3. The Kier molecular flexibility index (Phi) is 4.59. The molecule has 7 heteroatoms. The molecule has 0 aliphatic heterocycles. The van der Waals surface area contributed by atoms with Crippen LogP contribution in [0, 0.1) is 0 Å². The minimum Gasteiger partial charge on any atom is -0.349 e. The lowest BCUT2D eigenvalue weighted by atomic mass is 9.93. The van der Waals surface area contributed by atoms with Gasteiger partial charge in [0.2, 0.25) is 5.91 Å². The second-order valence-corrected chi connectivity index (χ2v) is 7.10. The molecule has 1 aliphatic rings.